The molecule has 4 aromatic rings. The van der Waals surface area contributed by atoms with Gasteiger partial charge in [0.15, 0.2) is 23.0 Å². The number of esters is 2. The molecule has 5 N–H and O–H groups in total. The first-order valence-corrected chi connectivity index (χ1v) is 18.3. The Hall–Kier alpha value is -5.18. The summed E-state index contributed by atoms with van der Waals surface area (Å²) in [6.07, 6.45) is 1.64. The monoisotopic (exact) mass is 761 g/mol. The van der Waals surface area contributed by atoms with Crippen molar-refractivity contribution < 1.29 is 53.0 Å². The van der Waals surface area contributed by atoms with Gasteiger partial charge in [-0.3, -0.25) is 9.69 Å². The van der Waals surface area contributed by atoms with Gasteiger partial charge in [0.25, 0.3) is 0 Å². The normalized spacial score (nSPS) is 22.9. The number of ether oxygens (including phenoxy) is 7. The molecule has 7 rings (SSSR count). The molecule has 2 fully saturated rings. The van der Waals surface area contributed by atoms with Crippen molar-refractivity contribution in [3.05, 3.63) is 70.9 Å². The van der Waals surface area contributed by atoms with Gasteiger partial charge in [-0.05, 0) is 91.6 Å². The number of phenols is 2. The zero-order valence-electron chi connectivity index (χ0n) is 32.1. The number of aromatic hydroxyl groups is 2. The van der Waals surface area contributed by atoms with Gasteiger partial charge in [0.2, 0.25) is 5.75 Å². The summed E-state index contributed by atoms with van der Waals surface area (Å²) in [5.74, 6) is 0.262. The van der Waals surface area contributed by atoms with E-state index in [-0.39, 0.29) is 40.9 Å². The summed E-state index contributed by atoms with van der Waals surface area (Å²) >= 11 is 0. The van der Waals surface area contributed by atoms with E-state index in [4.69, 9.17) is 49.1 Å². The number of benzene rings is 3. The molecule has 1 saturated heterocycles. The molecule has 1 saturated carbocycles. The van der Waals surface area contributed by atoms with Crippen LogP contribution in [0.3, 0.4) is 0 Å². The summed E-state index contributed by atoms with van der Waals surface area (Å²) < 4.78 is 39.1. The van der Waals surface area contributed by atoms with Crippen molar-refractivity contribution in [1.82, 2.24) is 9.88 Å². The van der Waals surface area contributed by atoms with E-state index >= 15 is 0 Å². The van der Waals surface area contributed by atoms with E-state index in [1.807, 2.05) is 12.1 Å². The lowest BCUT2D eigenvalue weighted by Gasteiger charge is -2.52. The van der Waals surface area contributed by atoms with E-state index in [2.05, 4.69) is 16.0 Å². The summed E-state index contributed by atoms with van der Waals surface area (Å²) in [5.41, 5.74) is 10.1. The van der Waals surface area contributed by atoms with Gasteiger partial charge in [-0.1, -0.05) is 6.07 Å². The third kappa shape index (κ3) is 7.84. The fourth-order valence-corrected chi connectivity index (χ4v) is 8.65. The maximum atomic E-state index is 13.5. The molecular formula is C41H51N3O11. The lowest BCUT2D eigenvalue weighted by Crippen LogP contribution is -2.58. The van der Waals surface area contributed by atoms with Crippen LogP contribution in [0.25, 0.3) is 10.9 Å². The fraction of sp³-hybridized carbons (Fsp3) is 0.463. The van der Waals surface area contributed by atoms with Gasteiger partial charge in [-0.25, -0.2) is 4.79 Å². The minimum absolute atomic E-state index is 0.0170. The van der Waals surface area contributed by atoms with E-state index in [9.17, 15) is 9.59 Å². The highest BCUT2D eigenvalue weighted by Crippen LogP contribution is 2.51. The summed E-state index contributed by atoms with van der Waals surface area (Å²) in [6, 6.07) is 14.1. The van der Waals surface area contributed by atoms with Gasteiger partial charge in [0.1, 0.15) is 18.0 Å². The lowest BCUT2D eigenvalue weighted by atomic mass is 9.63. The Morgan fingerprint density at radius 1 is 0.891 bits per heavy atom. The summed E-state index contributed by atoms with van der Waals surface area (Å²) in [6.45, 7) is 2.23. The standard InChI is InChI=1S/C33H40N2O9.C8H11NO2/c1-38-19-7-8-20-21-9-10-35-16-18-13-27(44-32(36)17-11-25(39-2)30(41-4)26(12-17)40-3)31(42-5)28(33(37)43-6)22(18)15-24(35)29(21)34-23(20)14-19;9-4-3-6-1-2-7(10)8(11)5-6/h7-8,11-12,14,18,22,24,27-28,31,34H,9-10,13,15-16H2,1-6H3;1-2,5,10-11H,3-4,9H2/t18-,22+,24-,27-,28+,31+;/m1./s1. The second-order valence-electron chi connectivity index (χ2n) is 14.1. The fourth-order valence-electron chi connectivity index (χ4n) is 8.65. The Balaban J connectivity index is 0.000000403. The highest BCUT2D eigenvalue weighted by atomic mass is 16.6. The Labute approximate surface area is 320 Å². The largest absolute Gasteiger partial charge is 0.504 e. The maximum Gasteiger partial charge on any atom is 0.338 e. The first kappa shape index (κ1) is 39.5. The van der Waals surface area contributed by atoms with Crippen LogP contribution in [0.4, 0.5) is 0 Å². The first-order valence-electron chi connectivity index (χ1n) is 18.3. The van der Waals surface area contributed by atoms with Gasteiger partial charge in [0, 0.05) is 42.9 Å². The number of aromatic nitrogens is 1. The van der Waals surface area contributed by atoms with Crippen molar-refractivity contribution in [2.24, 2.45) is 23.5 Å². The van der Waals surface area contributed by atoms with Crippen molar-refractivity contribution in [3.63, 3.8) is 0 Å². The molecule has 14 nitrogen and oxygen atoms in total. The topological polar surface area (TPSA) is 184 Å². The molecule has 55 heavy (non-hydrogen) atoms. The number of carbonyl (C=O) groups excluding carboxylic acids is 2. The average Bonchev–Trinajstić information content (AvgIpc) is 3.58. The van der Waals surface area contributed by atoms with Crippen molar-refractivity contribution in [3.8, 4) is 34.5 Å². The SMILES string of the molecule is COC(=O)[C@H]1[C@H]2C[C@@H]3c4[nH]c5cc(OC)ccc5c4CCN3C[C@H]2C[C@@H](OC(=O)c2cc(OC)c(OC)c(OC)c2)[C@@H]1OC.NCCc1ccc(O)c(O)c1. The Bertz CT molecular complexity index is 1970. The highest BCUT2D eigenvalue weighted by Gasteiger charge is 2.54. The van der Waals surface area contributed by atoms with Crippen LogP contribution in [-0.2, 0) is 31.8 Å². The number of methoxy groups -OCH3 is 6. The summed E-state index contributed by atoms with van der Waals surface area (Å²) in [5, 5.41) is 19.2. The Kier molecular flexibility index (Phi) is 12.3. The number of nitrogens with two attached hydrogens (primary N) is 1. The summed E-state index contributed by atoms with van der Waals surface area (Å²) in [4.78, 5) is 33.1. The molecule has 1 aliphatic carbocycles. The van der Waals surface area contributed by atoms with Crippen LogP contribution < -0.4 is 24.7 Å². The van der Waals surface area contributed by atoms with Crippen molar-refractivity contribution in [1.29, 1.82) is 0 Å². The molecule has 14 heteroatoms. The van der Waals surface area contributed by atoms with Crippen LogP contribution >= 0.6 is 0 Å². The molecule has 1 aromatic heterocycles. The lowest BCUT2D eigenvalue weighted by molar-refractivity contribution is -0.176. The molecule has 0 radical (unpaired) electrons. The van der Waals surface area contributed by atoms with Crippen LogP contribution in [0.1, 0.15) is 46.1 Å². The Morgan fingerprint density at radius 2 is 1.64 bits per heavy atom. The average molecular weight is 762 g/mol. The number of aromatic amines is 1. The molecule has 6 atom stereocenters. The van der Waals surface area contributed by atoms with Gasteiger partial charge in [-0.2, -0.15) is 0 Å². The van der Waals surface area contributed by atoms with Gasteiger partial charge >= 0.3 is 11.9 Å². The van der Waals surface area contributed by atoms with Crippen LogP contribution in [0.5, 0.6) is 34.5 Å². The second kappa shape index (κ2) is 17.1. The van der Waals surface area contributed by atoms with E-state index in [0.717, 1.165) is 42.8 Å². The number of fused-ring (bicyclic) bond motifs is 6. The molecule has 0 amide bonds. The molecule has 3 aliphatic rings. The van der Waals surface area contributed by atoms with E-state index in [0.29, 0.717) is 36.6 Å². The van der Waals surface area contributed by atoms with Gasteiger partial charge in [0.05, 0.1) is 53.1 Å². The molecule has 0 unspecified atom stereocenters. The number of nitrogens with zero attached hydrogens (tertiary/aromatic N) is 1. The third-order valence-corrected chi connectivity index (χ3v) is 11.2. The number of phenolic OH excluding ortho intramolecular Hbond substituents is 2. The number of hydrogen-bond donors (Lipinski definition) is 4. The number of carbonyl (C=O) groups is 2. The zero-order chi connectivity index (χ0) is 39.4. The number of H-pyrrole nitrogens is 1. The van der Waals surface area contributed by atoms with Crippen LogP contribution in [0.15, 0.2) is 48.5 Å². The Morgan fingerprint density at radius 3 is 2.25 bits per heavy atom. The van der Waals surface area contributed by atoms with E-state index < -0.39 is 24.1 Å². The van der Waals surface area contributed by atoms with Crippen LogP contribution in [0, 0.1) is 17.8 Å². The third-order valence-electron chi connectivity index (χ3n) is 11.2. The predicted molar refractivity (Wildman–Crippen MR) is 203 cm³/mol. The molecule has 0 spiro atoms. The molecular weight excluding hydrogens is 710 g/mol. The number of hydrogen-bond acceptors (Lipinski definition) is 13. The van der Waals surface area contributed by atoms with Crippen molar-refractivity contribution in [2.45, 2.75) is 43.9 Å². The van der Waals surface area contributed by atoms with Crippen molar-refractivity contribution in [2.75, 3.05) is 62.3 Å². The molecule has 3 aromatic carbocycles. The van der Waals surface area contributed by atoms with Crippen molar-refractivity contribution >= 4 is 22.8 Å². The minimum atomic E-state index is -0.670. The number of nitrogens with one attached hydrogen (secondary N) is 1. The summed E-state index contributed by atoms with van der Waals surface area (Å²) in [7, 11) is 9.10. The highest BCUT2D eigenvalue weighted by molar-refractivity contribution is 5.91. The van der Waals surface area contributed by atoms with E-state index in [1.54, 1.807) is 32.4 Å². The smallest absolute Gasteiger partial charge is 0.338 e. The first-order chi connectivity index (χ1) is 26.6. The second-order valence-corrected chi connectivity index (χ2v) is 14.1. The van der Waals surface area contributed by atoms with E-state index in [1.165, 1.54) is 57.2 Å². The zero-order valence-corrected chi connectivity index (χ0v) is 32.1. The van der Waals surface area contributed by atoms with Crippen LogP contribution in [-0.4, -0.2) is 107 Å². The van der Waals surface area contributed by atoms with Crippen LogP contribution in [0.2, 0.25) is 0 Å². The predicted octanol–water partition coefficient (Wildman–Crippen LogP) is 4.77. The minimum Gasteiger partial charge on any atom is -0.504 e. The maximum absolute atomic E-state index is 13.5. The number of piperidine rings is 1. The molecule has 296 valence electrons. The molecule has 3 heterocycles. The number of rotatable bonds is 10. The quantitative estimate of drug-likeness (QED) is 0.128. The molecule has 0 bridgehead atoms. The van der Waals surface area contributed by atoms with Gasteiger partial charge < -0.3 is 54.1 Å². The van der Waals surface area contributed by atoms with Gasteiger partial charge in [-0.15, -0.1) is 0 Å². The molecule has 2 aliphatic heterocycles.